The molecule has 0 atom stereocenters. The first-order chi connectivity index (χ1) is 8.65. The van der Waals surface area contributed by atoms with Crippen molar-refractivity contribution in [1.29, 1.82) is 0 Å². The fourth-order valence-electron chi connectivity index (χ4n) is 1.34. The van der Waals surface area contributed by atoms with E-state index in [1.54, 1.807) is 12.1 Å². The molecule has 0 fully saturated rings. The molecule has 0 bridgehead atoms. The molecule has 0 unspecified atom stereocenters. The second-order valence-electron chi connectivity index (χ2n) is 3.59. The molecule has 0 aliphatic heterocycles. The summed E-state index contributed by atoms with van der Waals surface area (Å²) in [6, 6.07) is 14.7. The first-order valence-corrected chi connectivity index (χ1v) is 6.81. The Morgan fingerprint density at radius 1 is 0.833 bits per heavy atom. The summed E-state index contributed by atoms with van der Waals surface area (Å²) < 4.78 is 1.94. The Kier molecular flexibility index (Phi) is 4.38. The van der Waals surface area contributed by atoms with Gasteiger partial charge in [0.25, 0.3) is 5.91 Å². The quantitative estimate of drug-likeness (QED) is 0.803. The van der Waals surface area contributed by atoms with Crippen LogP contribution in [0.4, 0.5) is 5.69 Å². The topological polar surface area (TPSA) is 41.1 Å². The Balaban J connectivity index is 1.96. The lowest BCUT2D eigenvalue weighted by Gasteiger charge is -2.08. The minimum Gasteiger partial charge on any atom is -0.298 e. The number of hydrazine groups is 1. The maximum absolute atomic E-state index is 11.8. The zero-order valence-electron chi connectivity index (χ0n) is 9.28. The molecule has 0 saturated carbocycles. The zero-order chi connectivity index (χ0) is 13.0. The highest BCUT2D eigenvalue weighted by Crippen LogP contribution is 2.14. The highest BCUT2D eigenvalue weighted by Gasteiger charge is 2.04. The summed E-state index contributed by atoms with van der Waals surface area (Å²) >= 11 is 6.67. The number of amides is 1. The normalized spacial score (nSPS) is 9.89. The Morgan fingerprint density at radius 3 is 1.89 bits per heavy atom. The second kappa shape index (κ2) is 6.02. The standard InChI is InChI=1S/C13H10Br2N2O/c14-10-3-1-9(2-4-10)13(18)17-16-12-7-5-11(15)6-8-12/h1-8,16H,(H,17,18). The van der Waals surface area contributed by atoms with Gasteiger partial charge in [0.15, 0.2) is 0 Å². The number of hydrogen-bond donors (Lipinski definition) is 2. The fourth-order valence-corrected chi connectivity index (χ4v) is 1.86. The summed E-state index contributed by atoms with van der Waals surface area (Å²) in [4.78, 5) is 11.8. The van der Waals surface area contributed by atoms with E-state index in [0.29, 0.717) is 5.56 Å². The molecule has 2 N–H and O–H groups in total. The smallest absolute Gasteiger partial charge is 0.269 e. The molecule has 0 radical (unpaired) electrons. The predicted octanol–water partition coefficient (Wildman–Crippen LogP) is 3.97. The van der Waals surface area contributed by atoms with E-state index < -0.39 is 0 Å². The maximum Gasteiger partial charge on any atom is 0.269 e. The lowest BCUT2D eigenvalue weighted by atomic mass is 10.2. The van der Waals surface area contributed by atoms with Gasteiger partial charge in [0.05, 0.1) is 5.69 Å². The van der Waals surface area contributed by atoms with Gasteiger partial charge in [-0.3, -0.25) is 15.6 Å². The third kappa shape index (κ3) is 3.58. The summed E-state index contributed by atoms with van der Waals surface area (Å²) in [5.74, 6) is -0.176. The zero-order valence-corrected chi connectivity index (χ0v) is 12.5. The van der Waals surface area contributed by atoms with Gasteiger partial charge in [0, 0.05) is 14.5 Å². The van der Waals surface area contributed by atoms with E-state index in [9.17, 15) is 4.79 Å². The molecule has 92 valence electrons. The van der Waals surface area contributed by atoms with Crippen molar-refractivity contribution in [2.24, 2.45) is 0 Å². The van der Waals surface area contributed by atoms with Crippen molar-refractivity contribution in [2.45, 2.75) is 0 Å². The molecule has 18 heavy (non-hydrogen) atoms. The second-order valence-corrected chi connectivity index (χ2v) is 5.42. The molecule has 5 heteroatoms. The van der Waals surface area contributed by atoms with Gasteiger partial charge in [0.2, 0.25) is 0 Å². The van der Waals surface area contributed by atoms with Crippen LogP contribution in [0.5, 0.6) is 0 Å². The predicted molar refractivity (Wildman–Crippen MR) is 79.4 cm³/mol. The largest absolute Gasteiger partial charge is 0.298 e. The van der Waals surface area contributed by atoms with Gasteiger partial charge in [-0.25, -0.2) is 0 Å². The number of halogens is 2. The Bertz CT molecular complexity index is 538. The van der Waals surface area contributed by atoms with Gasteiger partial charge in [0.1, 0.15) is 0 Å². The van der Waals surface area contributed by atoms with Gasteiger partial charge in [-0.15, -0.1) is 0 Å². The molecule has 0 heterocycles. The van der Waals surface area contributed by atoms with E-state index >= 15 is 0 Å². The molecule has 0 saturated heterocycles. The monoisotopic (exact) mass is 368 g/mol. The molecule has 0 spiro atoms. The number of nitrogens with one attached hydrogen (secondary N) is 2. The lowest BCUT2D eigenvalue weighted by molar-refractivity contribution is 0.0962. The van der Waals surface area contributed by atoms with Crippen LogP contribution >= 0.6 is 31.9 Å². The van der Waals surface area contributed by atoms with Crippen molar-refractivity contribution >= 4 is 43.5 Å². The summed E-state index contributed by atoms with van der Waals surface area (Å²) in [6.07, 6.45) is 0. The first-order valence-electron chi connectivity index (χ1n) is 5.22. The molecular formula is C13H10Br2N2O. The van der Waals surface area contributed by atoms with Gasteiger partial charge in [-0.1, -0.05) is 31.9 Å². The van der Waals surface area contributed by atoms with Crippen LogP contribution in [-0.4, -0.2) is 5.91 Å². The summed E-state index contributed by atoms with van der Waals surface area (Å²) in [5.41, 5.74) is 6.91. The van der Waals surface area contributed by atoms with Crippen molar-refractivity contribution in [2.75, 3.05) is 5.43 Å². The van der Waals surface area contributed by atoms with Crippen LogP contribution in [0.2, 0.25) is 0 Å². The van der Waals surface area contributed by atoms with Crippen molar-refractivity contribution in [3.8, 4) is 0 Å². The van der Waals surface area contributed by atoms with Crippen LogP contribution in [0.1, 0.15) is 10.4 Å². The van der Waals surface area contributed by atoms with E-state index in [2.05, 4.69) is 42.7 Å². The molecule has 3 nitrogen and oxygen atoms in total. The maximum atomic E-state index is 11.8. The molecule has 0 aliphatic rings. The summed E-state index contributed by atoms with van der Waals surface area (Å²) in [5, 5.41) is 0. The fraction of sp³-hybridized carbons (Fsp3) is 0. The van der Waals surface area contributed by atoms with Gasteiger partial charge < -0.3 is 0 Å². The number of carbonyl (C=O) groups is 1. The van der Waals surface area contributed by atoms with Crippen LogP contribution in [0.15, 0.2) is 57.5 Å². The van der Waals surface area contributed by atoms with Crippen LogP contribution in [-0.2, 0) is 0 Å². The van der Waals surface area contributed by atoms with E-state index in [1.165, 1.54) is 0 Å². The SMILES string of the molecule is O=C(NNc1ccc(Br)cc1)c1ccc(Br)cc1. The van der Waals surface area contributed by atoms with E-state index in [4.69, 9.17) is 0 Å². The van der Waals surface area contributed by atoms with Crippen molar-refractivity contribution in [3.05, 3.63) is 63.0 Å². The number of benzene rings is 2. The van der Waals surface area contributed by atoms with Crippen molar-refractivity contribution in [1.82, 2.24) is 5.43 Å². The molecular weight excluding hydrogens is 360 g/mol. The van der Waals surface area contributed by atoms with E-state index in [0.717, 1.165) is 14.6 Å². The van der Waals surface area contributed by atoms with Crippen LogP contribution in [0, 0.1) is 0 Å². The van der Waals surface area contributed by atoms with Crippen LogP contribution in [0.3, 0.4) is 0 Å². The summed E-state index contributed by atoms with van der Waals surface area (Å²) in [6.45, 7) is 0. The highest BCUT2D eigenvalue weighted by atomic mass is 79.9. The lowest BCUT2D eigenvalue weighted by Crippen LogP contribution is -2.29. The van der Waals surface area contributed by atoms with E-state index in [1.807, 2.05) is 36.4 Å². The van der Waals surface area contributed by atoms with Crippen molar-refractivity contribution < 1.29 is 4.79 Å². The van der Waals surface area contributed by atoms with Crippen LogP contribution < -0.4 is 10.9 Å². The first kappa shape index (κ1) is 13.1. The third-order valence-electron chi connectivity index (χ3n) is 2.27. The minimum atomic E-state index is -0.176. The van der Waals surface area contributed by atoms with Crippen molar-refractivity contribution in [3.63, 3.8) is 0 Å². The Hall–Kier alpha value is -1.33. The van der Waals surface area contributed by atoms with E-state index in [-0.39, 0.29) is 5.91 Å². The number of rotatable bonds is 3. The molecule has 2 aromatic rings. The number of anilines is 1. The van der Waals surface area contributed by atoms with Gasteiger partial charge >= 0.3 is 0 Å². The number of hydrogen-bond acceptors (Lipinski definition) is 2. The Labute approximate surface area is 122 Å². The molecule has 0 aliphatic carbocycles. The molecule has 1 amide bonds. The molecule has 0 aromatic heterocycles. The Morgan fingerprint density at radius 2 is 1.33 bits per heavy atom. The minimum absolute atomic E-state index is 0.176. The van der Waals surface area contributed by atoms with Gasteiger partial charge in [-0.05, 0) is 48.5 Å². The van der Waals surface area contributed by atoms with Gasteiger partial charge in [-0.2, -0.15) is 0 Å². The summed E-state index contributed by atoms with van der Waals surface area (Å²) in [7, 11) is 0. The molecule has 2 rings (SSSR count). The number of carbonyl (C=O) groups excluding carboxylic acids is 1. The van der Waals surface area contributed by atoms with Crippen LogP contribution in [0.25, 0.3) is 0 Å². The highest BCUT2D eigenvalue weighted by molar-refractivity contribution is 9.10. The molecule has 2 aromatic carbocycles. The third-order valence-corrected chi connectivity index (χ3v) is 3.33. The average molecular weight is 370 g/mol. The average Bonchev–Trinajstić information content (AvgIpc) is 2.38.